The number of morpholine rings is 1. The Morgan fingerprint density at radius 2 is 2.31 bits per heavy atom. The van der Waals surface area contributed by atoms with Crippen LogP contribution in [0.25, 0.3) is 0 Å². The number of unbranched alkanes of at least 4 members (excludes halogenated alkanes) is 1. The van der Waals surface area contributed by atoms with Crippen LogP contribution in [0.1, 0.15) is 19.8 Å². The number of methoxy groups -OCH3 is 1. The smallest absolute Gasteiger partial charge is 0.0634 e. The summed E-state index contributed by atoms with van der Waals surface area (Å²) < 4.78 is 10.6. The van der Waals surface area contributed by atoms with E-state index in [2.05, 4.69) is 17.1 Å². The Labute approximate surface area is 99.3 Å². The minimum Gasteiger partial charge on any atom is -0.385 e. The Balaban J connectivity index is 2.18. The van der Waals surface area contributed by atoms with Crippen LogP contribution in [0.15, 0.2) is 0 Å². The van der Waals surface area contributed by atoms with Gasteiger partial charge in [0.1, 0.15) is 0 Å². The molecule has 0 bridgehead atoms. The highest BCUT2D eigenvalue weighted by Crippen LogP contribution is 2.07. The number of rotatable bonds is 8. The summed E-state index contributed by atoms with van der Waals surface area (Å²) in [5, 5.41) is 3.40. The number of hydrogen-bond acceptors (Lipinski definition) is 4. The van der Waals surface area contributed by atoms with Crippen LogP contribution < -0.4 is 5.32 Å². The van der Waals surface area contributed by atoms with E-state index in [-0.39, 0.29) is 0 Å². The lowest BCUT2D eigenvalue weighted by Crippen LogP contribution is -2.50. The van der Waals surface area contributed by atoms with Gasteiger partial charge in [0.15, 0.2) is 0 Å². The summed E-state index contributed by atoms with van der Waals surface area (Å²) >= 11 is 0. The molecule has 0 amide bonds. The van der Waals surface area contributed by atoms with Gasteiger partial charge in [-0.05, 0) is 25.9 Å². The predicted molar refractivity (Wildman–Crippen MR) is 65.8 cm³/mol. The lowest BCUT2D eigenvalue weighted by atomic mass is 10.2. The van der Waals surface area contributed by atoms with Crippen molar-refractivity contribution in [3.8, 4) is 0 Å². The van der Waals surface area contributed by atoms with Gasteiger partial charge < -0.3 is 14.8 Å². The first-order valence-electron chi connectivity index (χ1n) is 6.40. The summed E-state index contributed by atoms with van der Waals surface area (Å²) in [6.07, 6.45) is 2.37. The fourth-order valence-electron chi connectivity index (χ4n) is 2.04. The van der Waals surface area contributed by atoms with Crippen molar-refractivity contribution in [2.45, 2.75) is 25.8 Å². The van der Waals surface area contributed by atoms with Crippen LogP contribution in [0.5, 0.6) is 0 Å². The highest BCUT2D eigenvalue weighted by Gasteiger charge is 2.21. The van der Waals surface area contributed by atoms with Gasteiger partial charge >= 0.3 is 0 Å². The Hall–Kier alpha value is -0.160. The molecule has 1 aliphatic heterocycles. The van der Waals surface area contributed by atoms with E-state index < -0.39 is 0 Å². The van der Waals surface area contributed by atoms with E-state index in [9.17, 15) is 0 Å². The topological polar surface area (TPSA) is 33.7 Å². The van der Waals surface area contributed by atoms with Crippen molar-refractivity contribution >= 4 is 0 Å². The third-order valence-electron chi connectivity index (χ3n) is 3.02. The van der Waals surface area contributed by atoms with E-state index in [0.29, 0.717) is 6.04 Å². The Bertz CT molecular complexity index is 167. The summed E-state index contributed by atoms with van der Waals surface area (Å²) in [6.45, 7) is 9.10. The van der Waals surface area contributed by atoms with Gasteiger partial charge in [0.05, 0.1) is 13.2 Å². The fourth-order valence-corrected chi connectivity index (χ4v) is 2.04. The highest BCUT2D eigenvalue weighted by atomic mass is 16.5. The molecule has 1 saturated heterocycles. The van der Waals surface area contributed by atoms with Crippen molar-refractivity contribution in [3.63, 3.8) is 0 Å². The normalized spacial score (nSPS) is 22.5. The molecular weight excluding hydrogens is 204 g/mol. The Kier molecular flexibility index (Phi) is 7.76. The molecule has 0 saturated carbocycles. The van der Waals surface area contributed by atoms with E-state index in [1.54, 1.807) is 7.11 Å². The molecule has 0 aromatic heterocycles. The maximum absolute atomic E-state index is 5.53. The van der Waals surface area contributed by atoms with Crippen molar-refractivity contribution in [2.24, 2.45) is 0 Å². The largest absolute Gasteiger partial charge is 0.385 e. The standard InChI is InChI=1S/C12H26N2O2/c1-3-13-10-12-11-16-9-7-14(12)6-4-5-8-15-2/h12-13H,3-11H2,1-2H3. The number of ether oxygens (including phenoxy) is 2. The van der Waals surface area contributed by atoms with Crippen molar-refractivity contribution in [2.75, 3.05) is 53.1 Å². The average molecular weight is 230 g/mol. The van der Waals surface area contributed by atoms with Gasteiger partial charge in [0.2, 0.25) is 0 Å². The molecule has 16 heavy (non-hydrogen) atoms. The van der Waals surface area contributed by atoms with Crippen LogP contribution in [0.3, 0.4) is 0 Å². The lowest BCUT2D eigenvalue weighted by Gasteiger charge is -2.35. The second-order valence-electron chi connectivity index (χ2n) is 4.27. The van der Waals surface area contributed by atoms with E-state index in [0.717, 1.165) is 45.9 Å². The van der Waals surface area contributed by atoms with Crippen molar-refractivity contribution in [3.05, 3.63) is 0 Å². The molecule has 0 aromatic carbocycles. The van der Waals surface area contributed by atoms with Crippen molar-refractivity contribution < 1.29 is 9.47 Å². The SMILES string of the molecule is CCNCC1COCCN1CCCCOC. The molecule has 96 valence electrons. The minimum absolute atomic E-state index is 0.552. The molecule has 1 atom stereocenters. The van der Waals surface area contributed by atoms with Gasteiger partial charge in [-0.3, -0.25) is 4.90 Å². The first-order chi connectivity index (χ1) is 7.88. The van der Waals surface area contributed by atoms with E-state index in [1.807, 2.05) is 0 Å². The maximum atomic E-state index is 5.53. The zero-order chi connectivity index (χ0) is 11.6. The Morgan fingerprint density at radius 3 is 3.06 bits per heavy atom. The predicted octanol–water partition coefficient (Wildman–Crippen LogP) is 0.723. The molecule has 4 nitrogen and oxygen atoms in total. The molecule has 4 heteroatoms. The van der Waals surface area contributed by atoms with Gasteiger partial charge in [0.25, 0.3) is 0 Å². The third kappa shape index (κ3) is 5.25. The van der Waals surface area contributed by atoms with Crippen LogP contribution in [-0.2, 0) is 9.47 Å². The minimum atomic E-state index is 0.552. The monoisotopic (exact) mass is 230 g/mol. The molecule has 1 unspecified atom stereocenters. The second kappa shape index (κ2) is 8.93. The maximum Gasteiger partial charge on any atom is 0.0634 e. The zero-order valence-electron chi connectivity index (χ0n) is 10.7. The average Bonchev–Trinajstić information content (AvgIpc) is 2.33. The van der Waals surface area contributed by atoms with E-state index >= 15 is 0 Å². The van der Waals surface area contributed by atoms with Gasteiger partial charge in [-0.1, -0.05) is 6.92 Å². The highest BCUT2D eigenvalue weighted by molar-refractivity contribution is 4.77. The molecule has 0 aliphatic carbocycles. The van der Waals surface area contributed by atoms with Gasteiger partial charge in [-0.15, -0.1) is 0 Å². The number of hydrogen-bond donors (Lipinski definition) is 1. The molecule has 1 N–H and O–H groups in total. The van der Waals surface area contributed by atoms with Crippen LogP contribution in [0.4, 0.5) is 0 Å². The Morgan fingerprint density at radius 1 is 1.44 bits per heavy atom. The fraction of sp³-hybridized carbons (Fsp3) is 1.00. The molecule has 1 heterocycles. The van der Waals surface area contributed by atoms with Crippen molar-refractivity contribution in [1.82, 2.24) is 10.2 Å². The third-order valence-corrected chi connectivity index (χ3v) is 3.02. The number of nitrogens with zero attached hydrogens (tertiary/aromatic N) is 1. The van der Waals surface area contributed by atoms with E-state index in [4.69, 9.17) is 9.47 Å². The summed E-state index contributed by atoms with van der Waals surface area (Å²) in [5.74, 6) is 0. The van der Waals surface area contributed by atoms with Gasteiger partial charge in [0, 0.05) is 32.8 Å². The summed E-state index contributed by atoms with van der Waals surface area (Å²) in [7, 11) is 1.77. The van der Waals surface area contributed by atoms with Crippen LogP contribution in [0, 0.1) is 0 Å². The lowest BCUT2D eigenvalue weighted by molar-refractivity contribution is -0.00780. The first kappa shape index (κ1) is 13.9. The first-order valence-corrected chi connectivity index (χ1v) is 6.40. The van der Waals surface area contributed by atoms with Gasteiger partial charge in [-0.2, -0.15) is 0 Å². The molecule has 1 aliphatic rings. The summed E-state index contributed by atoms with van der Waals surface area (Å²) in [5.41, 5.74) is 0. The van der Waals surface area contributed by atoms with Crippen LogP contribution in [0.2, 0.25) is 0 Å². The molecule has 0 spiro atoms. The van der Waals surface area contributed by atoms with E-state index in [1.165, 1.54) is 13.0 Å². The van der Waals surface area contributed by atoms with Crippen LogP contribution in [-0.4, -0.2) is 64.1 Å². The summed E-state index contributed by atoms with van der Waals surface area (Å²) in [6, 6.07) is 0.552. The molecule has 0 aromatic rings. The van der Waals surface area contributed by atoms with Gasteiger partial charge in [-0.25, -0.2) is 0 Å². The second-order valence-corrected chi connectivity index (χ2v) is 4.27. The molecule has 0 radical (unpaired) electrons. The molecule has 1 rings (SSSR count). The number of likely N-dealkylation sites (N-methyl/N-ethyl adjacent to an activating group) is 1. The quantitative estimate of drug-likeness (QED) is 0.623. The molecular formula is C12H26N2O2. The van der Waals surface area contributed by atoms with Crippen LogP contribution >= 0.6 is 0 Å². The summed E-state index contributed by atoms with van der Waals surface area (Å²) in [4.78, 5) is 2.54. The van der Waals surface area contributed by atoms with Crippen molar-refractivity contribution in [1.29, 1.82) is 0 Å². The number of nitrogens with one attached hydrogen (secondary N) is 1. The zero-order valence-corrected chi connectivity index (χ0v) is 10.7. The molecule has 1 fully saturated rings.